The molecule has 1 atom stereocenters. The van der Waals surface area contributed by atoms with E-state index in [0.717, 1.165) is 11.3 Å². The molecule has 156 valence electrons. The van der Waals surface area contributed by atoms with E-state index in [1.807, 2.05) is 42.0 Å². The predicted octanol–water partition coefficient (Wildman–Crippen LogP) is 3.68. The molecule has 2 amide bonds. The van der Waals surface area contributed by atoms with Gasteiger partial charge in [0.1, 0.15) is 6.04 Å². The Morgan fingerprint density at radius 1 is 1.33 bits per heavy atom. The molecule has 2 heterocycles. The molecule has 0 aliphatic rings. The van der Waals surface area contributed by atoms with Crippen molar-refractivity contribution in [2.45, 2.75) is 6.04 Å². The fourth-order valence-electron chi connectivity index (χ4n) is 2.58. The molecule has 3 rings (SSSR count). The van der Waals surface area contributed by atoms with Gasteiger partial charge >= 0.3 is 0 Å². The van der Waals surface area contributed by atoms with E-state index in [0.29, 0.717) is 10.7 Å². The Labute approximate surface area is 183 Å². The summed E-state index contributed by atoms with van der Waals surface area (Å²) in [7, 11) is 0. The first-order valence-corrected chi connectivity index (χ1v) is 11.2. The Balaban J connectivity index is 1.68. The van der Waals surface area contributed by atoms with Crippen LogP contribution in [0.2, 0.25) is 0 Å². The molecular weight excluding hydrogens is 420 g/mol. The molecule has 2 aromatic heterocycles. The number of rotatable bonds is 10. The fourth-order valence-corrected chi connectivity index (χ4v) is 3.71. The smallest absolute Gasteiger partial charge is 0.253 e. The zero-order valence-corrected chi connectivity index (χ0v) is 18.0. The van der Waals surface area contributed by atoms with Crippen molar-refractivity contribution in [1.29, 1.82) is 0 Å². The quantitative estimate of drug-likeness (QED) is 0.370. The summed E-state index contributed by atoms with van der Waals surface area (Å²) in [5, 5.41) is 7.83. The summed E-state index contributed by atoms with van der Waals surface area (Å²) in [4.78, 5) is 29.8. The van der Waals surface area contributed by atoms with Gasteiger partial charge in [0.2, 0.25) is 0 Å². The van der Waals surface area contributed by atoms with Crippen LogP contribution in [0.15, 0.2) is 66.8 Å². The number of nitrogens with zero attached hydrogens (tertiary/aromatic N) is 2. The minimum atomic E-state index is -0.876. The van der Waals surface area contributed by atoms with Crippen molar-refractivity contribution in [2.24, 2.45) is 0 Å². The van der Waals surface area contributed by atoms with E-state index in [9.17, 15) is 9.59 Å². The topological polar surface area (TPSA) is 85.2 Å². The molecule has 9 heteroatoms. The van der Waals surface area contributed by atoms with Crippen molar-refractivity contribution in [2.75, 3.05) is 24.8 Å². The fraction of sp³-hybridized carbons (Fsp3) is 0.190. The number of aromatic nitrogens is 2. The van der Waals surface area contributed by atoms with Crippen LogP contribution in [0.4, 0.5) is 5.13 Å². The van der Waals surface area contributed by atoms with Gasteiger partial charge in [0.15, 0.2) is 5.13 Å². The summed E-state index contributed by atoms with van der Waals surface area (Å²) < 4.78 is 7.23. The van der Waals surface area contributed by atoms with E-state index in [-0.39, 0.29) is 19.1 Å². The maximum Gasteiger partial charge on any atom is 0.253 e. The molecule has 1 unspecified atom stereocenters. The lowest BCUT2D eigenvalue weighted by Crippen LogP contribution is -2.46. The summed E-state index contributed by atoms with van der Waals surface area (Å²) in [6.07, 6.45) is 6.97. The van der Waals surface area contributed by atoms with Gasteiger partial charge in [-0.05, 0) is 18.0 Å². The standard InChI is InChI=1S/C21H22N4O3S2/c1-3-11-28-13-17(22-19(26)16-9-10-25(12-16)29-2)20(27)24-21-23-18(14-30-21)15-7-5-4-6-8-15/h3-10,12,14,17H,1,11,13H2,2H3,(H,22,26)(H,23,24,27). The van der Waals surface area contributed by atoms with Crippen LogP contribution in [0.3, 0.4) is 0 Å². The Kier molecular flexibility index (Phi) is 7.83. The predicted molar refractivity (Wildman–Crippen MR) is 122 cm³/mol. The summed E-state index contributed by atoms with van der Waals surface area (Å²) in [5.41, 5.74) is 2.20. The SMILES string of the molecule is C=CCOCC(NC(=O)c1ccn(SC)c1)C(=O)Nc1nc(-c2ccccc2)cs1. The van der Waals surface area contributed by atoms with Gasteiger partial charge in [-0.15, -0.1) is 17.9 Å². The number of carbonyl (C=O) groups excluding carboxylic acids is 2. The number of amides is 2. The number of hydrogen-bond donors (Lipinski definition) is 2. The molecule has 0 aliphatic carbocycles. The van der Waals surface area contributed by atoms with E-state index in [4.69, 9.17) is 4.74 Å². The van der Waals surface area contributed by atoms with Gasteiger partial charge in [0, 0.05) is 29.6 Å². The molecule has 2 N–H and O–H groups in total. The van der Waals surface area contributed by atoms with Gasteiger partial charge in [0.25, 0.3) is 11.8 Å². The van der Waals surface area contributed by atoms with Gasteiger partial charge in [-0.2, -0.15) is 0 Å². The average molecular weight is 443 g/mol. The van der Waals surface area contributed by atoms with E-state index < -0.39 is 11.9 Å². The number of hydrogen-bond acceptors (Lipinski definition) is 6. The number of ether oxygens (including phenoxy) is 1. The van der Waals surface area contributed by atoms with Gasteiger partial charge < -0.3 is 15.4 Å². The lowest BCUT2D eigenvalue weighted by atomic mass is 10.2. The highest BCUT2D eigenvalue weighted by Crippen LogP contribution is 2.24. The number of benzene rings is 1. The Morgan fingerprint density at radius 3 is 2.83 bits per heavy atom. The van der Waals surface area contributed by atoms with E-state index in [1.165, 1.54) is 23.3 Å². The first-order valence-electron chi connectivity index (χ1n) is 9.14. The third kappa shape index (κ3) is 5.82. The highest BCUT2D eigenvalue weighted by Gasteiger charge is 2.23. The maximum atomic E-state index is 12.8. The molecule has 30 heavy (non-hydrogen) atoms. The highest BCUT2D eigenvalue weighted by molar-refractivity contribution is 7.97. The molecule has 0 saturated carbocycles. The minimum absolute atomic E-state index is 0.0176. The van der Waals surface area contributed by atoms with Crippen molar-refractivity contribution in [3.05, 3.63) is 72.4 Å². The molecule has 0 aliphatic heterocycles. The van der Waals surface area contributed by atoms with Crippen molar-refractivity contribution in [3.63, 3.8) is 0 Å². The molecule has 3 aromatic rings. The molecule has 1 aromatic carbocycles. The monoisotopic (exact) mass is 442 g/mol. The van der Waals surface area contributed by atoms with Crippen LogP contribution < -0.4 is 10.6 Å². The van der Waals surface area contributed by atoms with Crippen LogP contribution in [-0.4, -0.2) is 46.3 Å². The Morgan fingerprint density at radius 2 is 2.13 bits per heavy atom. The zero-order valence-electron chi connectivity index (χ0n) is 16.4. The Hall–Kier alpha value is -2.88. The number of thiazole rings is 1. The lowest BCUT2D eigenvalue weighted by molar-refractivity contribution is -0.119. The average Bonchev–Trinajstić information content (AvgIpc) is 3.43. The molecular formula is C21H22N4O3S2. The Bertz CT molecular complexity index is 1000. The van der Waals surface area contributed by atoms with Crippen molar-refractivity contribution in [1.82, 2.24) is 14.3 Å². The summed E-state index contributed by atoms with van der Waals surface area (Å²) in [6, 6.07) is 10.5. The zero-order chi connectivity index (χ0) is 21.3. The number of anilines is 1. The van der Waals surface area contributed by atoms with Crippen LogP contribution in [0.1, 0.15) is 10.4 Å². The largest absolute Gasteiger partial charge is 0.375 e. The molecule has 0 bridgehead atoms. The van der Waals surface area contributed by atoms with Crippen LogP contribution in [0, 0.1) is 0 Å². The highest BCUT2D eigenvalue weighted by atomic mass is 32.2. The van der Waals surface area contributed by atoms with Crippen LogP contribution in [0.5, 0.6) is 0 Å². The van der Waals surface area contributed by atoms with Crippen LogP contribution in [-0.2, 0) is 9.53 Å². The number of carbonyl (C=O) groups is 2. The van der Waals surface area contributed by atoms with Crippen LogP contribution in [0.25, 0.3) is 11.3 Å². The molecule has 0 spiro atoms. The van der Waals surface area contributed by atoms with E-state index in [1.54, 1.807) is 28.5 Å². The minimum Gasteiger partial charge on any atom is -0.375 e. The second-order valence-corrected chi connectivity index (χ2v) is 7.83. The van der Waals surface area contributed by atoms with Gasteiger partial charge in [0.05, 0.1) is 24.5 Å². The molecule has 0 fully saturated rings. The summed E-state index contributed by atoms with van der Waals surface area (Å²) in [6.45, 7) is 3.89. The first-order chi connectivity index (χ1) is 14.6. The van der Waals surface area contributed by atoms with Gasteiger partial charge in [-0.25, -0.2) is 4.98 Å². The molecule has 7 nitrogen and oxygen atoms in total. The van der Waals surface area contributed by atoms with Gasteiger partial charge in [-0.1, -0.05) is 36.4 Å². The first kappa shape index (κ1) is 21.8. The maximum absolute atomic E-state index is 12.8. The third-order valence-corrected chi connectivity index (χ3v) is 5.49. The normalized spacial score (nSPS) is 11.6. The molecule has 0 saturated heterocycles. The summed E-state index contributed by atoms with van der Waals surface area (Å²) in [5.74, 6) is -0.750. The third-order valence-electron chi connectivity index (χ3n) is 4.09. The van der Waals surface area contributed by atoms with Crippen molar-refractivity contribution in [3.8, 4) is 11.3 Å². The van der Waals surface area contributed by atoms with Crippen LogP contribution >= 0.6 is 23.3 Å². The number of nitrogens with one attached hydrogen (secondary N) is 2. The summed E-state index contributed by atoms with van der Waals surface area (Å²) >= 11 is 2.79. The van der Waals surface area contributed by atoms with Crippen molar-refractivity contribution < 1.29 is 14.3 Å². The second kappa shape index (κ2) is 10.8. The van der Waals surface area contributed by atoms with Crippen molar-refractivity contribution >= 4 is 40.2 Å². The van der Waals surface area contributed by atoms with E-state index in [2.05, 4.69) is 22.2 Å². The second-order valence-electron chi connectivity index (χ2n) is 6.19. The van der Waals surface area contributed by atoms with E-state index >= 15 is 0 Å². The van der Waals surface area contributed by atoms with Gasteiger partial charge in [-0.3, -0.25) is 13.6 Å². The lowest BCUT2D eigenvalue weighted by Gasteiger charge is -2.17. The molecule has 0 radical (unpaired) electrons.